The van der Waals surface area contributed by atoms with Crippen molar-refractivity contribution in [2.24, 2.45) is 0 Å². The van der Waals surface area contributed by atoms with E-state index in [0.717, 1.165) is 103 Å². The number of carbonyl (C=O) groups excluding carboxylic acids is 2. The first-order chi connectivity index (χ1) is 45.7. The lowest BCUT2D eigenvalue weighted by molar-refractivity contribution is -0.305. The second kappa shape index (κ2) is 68.5. The molecule has 0 radical (unpaired) electrons. The molecule has 93 heavy (non-hydrogen) atoms. The SMILES string of the molecule is CC/C=C\C/C=C\C/C=C\C/C=C\C/C=C\CCCCCCCCCCCCCC(=O)OC1C(OCC(NC(=O)C(O)CCCCCCCCCCCCCCCCCC/C=C\C/C=C\CCCCC)C(O)/C=C/CCCCCCCCCCC)OC(CO)C(O)C1O. The molecule has 0 aromatic rings. The number of hydrogen-bond donors (Lipinski definition) is 6. The minimum Gasteiger partial charge on any atom is -0.454 e. The van der Waals surface area contributed by atoms with Crippen LogP contribution in [0.1, 0.15) is 348 Å². The number of ether oxygens (including phenoxy) is 3. The zero-order valence-electron chi connectivity index (χ0n) is 60.1. The molecule has 1 aliphatic rings. The minimum atomic E-state index is -1.62. The molecule has 1 fully saturated rings. The lowest BCUT2D eigenvalue weighted by atomic mass is 9.99. The first-order valence-electron chi connectivity index (χ1n) is 39.0. The molecule has 11 heteroatoms. The number of hydrogen-bond acceptors (Lipinski definition) is 10. The Morgan fingerprint density at radius 2 is 0.774 bits per heavy atom. The van der Waals surface area contributed by atoms with Crippen molar-refractivity contribution in [2.45, 2.75) is 397 Å². The maximum Gasteiger partial charge on any atom is 0.306 e. The van der Waals surface area contributed by atoms with Gasteiger partial charge in [0.25, 0.3) is 0 Å². The first kappa shape index (κ1) is 87.6. The standard InChI is InChI=1S/C82H145NO10/c1-4-7-10-13-16-19-22-24-26-28-30-32-34-36-38-40-42-44-46-48-50-52-55-58-61-64-67-70-77(87)93-80-79(89)78(88)76(71-84)92-82(80)91-72-73(74(85)68-65-62-59-56-53-21-18-15-12-9-6-3)83-81(90)75(86)69-66-63-60-57-54-51-49-47-45-43-41-39-37-35-33-31-29-27-25-23-20-17-14-11-8-5-2/h7,10,16-17,19-20,24-27,30,32,36,38,65,68,73-76,78-80,82,84-86,88-89H,4-6,8-9,11-15,18,21-23,28-29,31,33-35,37,39-64,66-67,69-72H2,1-3H3,(H,83,90)/b10-7-,19-16-,20-17-,26-24-,27-25-,32-30-,38-36-,68-65+. The lowest BCUT2D eigenvalue weighted by Gasteiger charge is -2.41. The van der Waals surface area contributed by atoms with Gasteiger partial charge in [0.1, 0.15) is 24.4 Å². The average Bonchev–Trinajstić information content (AvgIpc) is 0.842. The van der Waals surface area contributed by atoms with E-state index in [1.165, 1.54) is 199 Å². The van der Waals surface area contributed by atoms with E-state index in [4.69, 9.17) is 14.2 Å². The molecular formula is C82H145NO10. The molecule has 1 rings (SSSR count). The molecule has 11 nitrogen and oxygen atoms in total. The highest BCUT2D eigenvalue weighted by Crippen LogP contribution is 2.26. The molecule has 6 N–H and O–H groups in total. The summed E-state index contributed by atoms with van der Waals surface area (Å²) in [6.07, 6.45) is 83.2. The quantitative estimate of drug-likeness (QED) is 0.0195. The molecule has 1 heterocycles. The highest BCUT2D eigenvalue weighted by Gasteiger charge is 2.47. The van der Waals surface area contributed by atoms with Crippen molar-refractivity contribution in [1.82, 2.24) is 5.32 Å². The third-order valence-electron chi connectivity index (χ3n) is 18.0. The maximum absolute atomic E-state index is 13.5. The van der Waals surface area contributed by atoms with Crippen LogP contribution in [-0.4, -0.2) is 99.6 Å². The Morgan fingerprint density at radius 3 is 1.18 bits per heavy atom. The van der Waals surface area contributed by atoms with E-state index < -0.39 is 67.4 Å². The Morgan fingerprint density at radius 1 is 0.430 bits per heavy atom. The van der Waals surface area contributed by atoms with Gasteiger partial charge in [-0.1, -0.05) is 336 Å². The van der Waals surface area contributed by atoms with Crippen LogP contribution in [0.2, 0.25) is 0 Å². The predicted molar refractivity (Wildman–Crippen MR) is 393 cm³/mol. The van der Waals surface area contributed by atoms with Gasteiger partial charge in [0.05, 0.1) is 25.4 Å². The Balaban J connectivity index is 2.48. The fourth-order valence-electron chi connectivity index (χ4n) is 11.9. The molecule has 0 saturated carbocycles. The number of allylic oxidation sites excluding steroid dienone is 15. The highest BCUT2D eigenvalue weighted by molar-refractivity contribution is 5.80. The lowest BCUT2D eigenvalue weighted by Crippen LogP contribution is -2.61. The van der Waals surface area contributed by atoms with Crippen molar-refractivity contribution in [2.75, 3.05) is 13.2 Å². The molecule has 0 spiro atoms. The Bertz CT molecular complexity index is 1890. The van der Waals surface area contributed by atoms with E-state index in [1.807, 2.05) is 6.08 Å². The van der Waals surface area contributed by atoms with E-state index in [0.29, 0.717) is 19.3 Å². The normalized spacial score (nSPS) is 18.4. The van der Waals surface area contributed by atoms with Crippen molar-refractivity contribution in [3.8, 4) is 0 Å². The molecule has 8 atom stereocenters. The van der Waals surface area contributed by atoms with Gasteiger partial charge in [-0.15, -0.1) is 0 Å². The second-order valence-electron chi connectivity index (χ2n) is 26.7. The van der Waals surface area contributed by atoms with E-state index >= 15 is 0 Å². The molecule has 0 aliphatic carbocycles. The van der Waals surface area contributed by atoms with Gasteiger partial charge in [-0.3, -0.25) is 9.59 Å². The molecule has 0 aromatic heterocycles. The van der Waals surface area contributed by atoms with Crippen LogP contribution in [0, 0.1) is 0 Å². The summed E-state index contributed by atoms with van der Waals surface area (Å²) in [7, 11) is 0. The molecule has 0 bridgehead atoms. The largest absolute Gasteiger partial charge is 0.454 e. The van der Waals surface area contributed by atoms with Crippen LogP contribution < -0.4 is 5.32 Å². The highest BCUT2D eigenvalue weighted by atomic mass is 16.7. The molecule has 1 aliphatic heterocycles. The average molecular weight is 1310 g/mol. The second-order valence-corrected chi connectivity index (χ2v) is 26.7. The van der Waals surface area contributed by atoms with Crippen molar-refractivity contribution >= 4 is 11.9 Å². The van der Waals surface area contributed by atoms with Gasteiger partial charge in [0.15, 0.2) is 12.4 Å². The number of rotatable bonds is 67. The number of amides is 1. The smallest absolute Gasteiger partial charge is 0.306 e. The third-order valence-corrected chi connectivity index (χ3v) is 18.0. The van der Waals surface area contributed by atoms with E-state index in [-0.39, 0.29) is 13.0 Å². The number of unbranched alkanes of at least 4 members (excludes halogenated alkanes) is 39. The van der Waals surface area contributed by atoms with Crippen molar-refractivity contribution < 1.29 is 49.3 Å². The van der Waals surface area contributed by atoms with Crippen molar-refractivity contribution in [3.63, 3.8) is 0 Å². The van der Waals surface area contributed by atoms with Crippen LogP contribution >= 0.6 is 0 Å². The van der Waals surface area contributed by atoms with Gasteiger partial charge in [-0.2, -0.15) is 0 Å². The van der Waals surface area contributed by atoms with Crippen molar-refractivity contribution in [1.29, 1.82) is 0 Å². The maximum atomic E-state index is 13.5. The number of nitrogens with one attached hydrogen (secondary N) is 1. The van der Waals surface area contributed by atoms with Gasteiger partial charge in [-0.05, 0) is 103 Å². The van der Waals surface area contributed by atoms with Crippen LogP contribution in [-0.2, 0) is 23.8 Å². The van der Waals surface area contributed by atoms with Crippen LogP contribution in [0.5, 0.6) is 0 Å². The number of aliphatic hydroxyl groups is 5. The number of carbonyl (C=O) groups is 2. The van der Waals surface area contributed by atoms with Crippen LogP contribution in [0.25, 0.3) is 0 Å². The molecule has 8 unspecified atom stereocenters. The molecule has 0 aromatic carbocycles. The summed E-state index contributed by atoms with van der Waals surface area (Å²) in [4.78, 5) is 26.8. The number of esters is 1. The van der Waals surface area contributed by atoms with Crippen LogP contribution in [0.15, 0.2) is 97.2 Å². The minimum absolute atomic E-state index is 0.117. The molecule has 1 amide bonds. The zero-order chi connectivity index (χ0) is 67.4. The van der Waals surface area contributed by atoms with Gasteiger partial charge >= 0.3 is 5.97 Å². The summed E-state index contributed by atoms with van der Waals surface area (Å²) >= 11 is 0. The van der Waals surface area contributed by atoms with E-state index in [2.05, 4.69) is 111 Å². The van der Waals surface area contributed by atoms with E-state index in [9.17, 15) is 35.1 Å². The van der Waals surface area contributed by atoms with Crippen LogP contribution in [0.4, 0.5) is 0 Å². The molecule has 1 saturated heterocycles. The molecular weight excluding hydrogens is 1160 g/mol. The first-order valence-corrected chi connectivity index (χ1v) is 39.0. The zero-order valence-corrected chi connectivity index (χ0v) is 60.1. The summed E-state index contributed by atoms with van der Waals surface area (Å²) in [5.74, 6) is -1.19. The van der Waals surface area contributed by atoms with Gasteiger partial charge in [0.2, 0.25) is 5.91 Å². The third kappa shape index (κ3) is 55.3. The van der Waals surface area contributed by atoms with Crippen molar-refractivity contribution in [3.05, 3.63) is 97.2 Å². The van der Waals surface area contributed by atoms with Gasteiger partial charge in [0, 0.05) is 6.42 Å². The fourth-order valence-corrected chi connectivity index (χ4v) is 11.9. The van der Waals surface area contributed by atoms with E-state index in [1.54, 1.807) is 6.08 Å². The topological polar surface area (TPSA) is 175 Å². The van der Waals surface area contributed by atoms with Gasteiger partial charge in [-0.25, -0.2) is 0 Å². The van der Waals surface area contributed by atoms with Gasteiger partial charge < -0.3 is 45.1 Å². The summed E-state index contributed by atoms with van der Waals surface area (Å²) in [5.41, 5.74) is 0. The Kier molecular flexibility index (Phi) is 64.5. The monoisotopic (exact) mass is 1300 g/mol. The summed E-state index contributed by atoms with van der Waals surface area (Å²) in [5, 5.41) is 57.4. The Labute approximate surface area is 571 Å². The predicted octanol–water partition coefficient (Wildman–Crippen LogP) is 21.0. The summed E-state index contributed by atoms with van der Waals surface area (Å²) < 4.78 is 17.7. The number of aliphatic hydroxyl groups excluding tert-OH is 5. The van der Waals surface area contributed by atoms with Crippen LogP contribution in [0.3, 0.4) is 0 Å². The fraction of sp³-hybridized carbons (Fsp3) is 0.780. The summed E-state index contributed by atoms with van der Waals surface area (Å²) in [6, 6.07) is -1.03. The molecule has 538 valence electrons. The Hall–Kier alpha value is -3.42. The summed E-state index contributed by atoms with van der Waals surface area (Å²) in [6.45, 7) is 5.69.